The minimum Gasteiger partial charge on any atom is -0.365 e. The van der Waals surface area contributed by atoms with E-state index in [1.54, 1.807) is 6.92 Å². The lowest BCUT2D eigenvalue weighted by atomic mass is 10.1. The van der Waals surface area contributed by atoms with Gasteiger partial charge < -0.3 is 5.32 Å². The summed E-state index contributed by atoms with van der Waals surface area (Å²) < 4.78 is 2.25. The Morgan fingerprint density at radius 2 is 1.68 bits per heavy atom. The zero-order valence-corrected chi connectivity index (χ0v) is 15.0. The fourth-order valence-corrected chi connectivity index (χ4v) is 3.17. The third-order valence-corrected chi connectivity index (χ3v) is 4.28. The Balaban J connectivity index is 2.05. The number of nitrogens with zero attached hydrogens (tertiary/aromatic N) is 2. The maximum absolute atomic E-state index is 12.3. The Morgan fingerprint density at radius 3 is 2.28 bits per heavy atom. The molecule has 0 aliphatic rings. The van der Waals surface area contributed by atoms with Crippen LogP contribution in [0.1, 0.15) is 28.5 Å². The van der Waals surface area contributed by atoms with Crippen molar-refractivity contribution in [2.24, 2.45) is 0 Å². The number of aromatic nitrogens is 2. The largest absolute Gasteiger partial charge is 0.365 e. The number of hydrogen-bond donors (Lipinski definition) is 1. The Kier molecular flexibility index (Phi) is 5.05. The molecular formula is C20H19N3OS. The van der Waals surface area contributed by atoms with E-state index in [-0.39, 0.29) is 5.78 Å². The average Bonchev–Trinajstić information content (AvgIpc) is 2.61. The van der Waals surface area contributed by atoms with Crippen molar-refractivity contribution in [2.45, 2.75) is 20.4 Å². The summed E-state index contributed by atoms with van der Waals surface area (Å²) in [5.41, 5.74) is 3.36. The van der Waals surface area contributed by atoms with Crippen LogP contribution in [-0.4, -0.2) is 15.3 Å². The van der Waals surface area contributed by atoms with Gasteiger partial charge in [-0.15, -0.1) is 0 Å². The van der Waals surface area contributed by atoms with Crippen LogP contribution >= 0.6 is 12.2 Å². The fraction of sp³-hybridized carbons (Fsp3) is 0.150. The predicted octanol–water partition coefficient (Wildman–Crippen LogP) is 4.72. The van der Waals surface area contributed by atoms with E-state index < -0.39 is 0 Å². The molecule has 2 aromatic carbocycles. The van der Waals surface area contributed by atoms with E-state index in [1.165, 1.54) is 0 Å². The van der Waals surface area contributed by atoms with Crippen LogP contribution in [0.15, 0.2) is 60.7 Å². The van der Waals surface area contributed by atoms with Crippen LogP contribution in [0.3, 0.4) is 0 Å². The number of nitrogens with one attached hydrogen (secondary N) is 1. The van der Waals surface area contributed by atoms with Crippen LogP contribution in [-0.2, 0) is 6.54 Å². The Bertz CT molecular complexity index is 950. The van der Waals surface area contributed by atoms with Crippen LogP contribution in [0, 0.1) is 11.7 Å². The summed E-state index contributed by atoms with van der Waals surface area (Å²) in [6.45, 7) is 4.03. The lowest BCUT2D eigenvalue weighted by Crippen LogP contribution is -2.15. The third-order valence-electron chi connectivity index (χ3n) is 4.00. The molecule has 25 heavy (non-hydrogen) atoms. The SMILES string of the molecule is CC(=O)c1c(NCc2ccccc2)nc(=S)n(-c2ccccc2)c1C. The smallest absolute Gasteiger partial charge is 0.206 e. The number of anilines is 1. The number of carbonyl (C=O) groups is 1. The van der Waals surface area contributed by atoms with Gasteiger partial charge in [0.05, 0.1) is 5.56 Å². The van der Waals surface area contributed by atoms with Gasteiger partial charge in [-0.05, 0) is 43.8 Å². The van der Waals surface area contributed by atoms with Gasteiger partial charge in [0.25, 0.3) is 0 Å². The van der Waals surface area contributed by atoms with Crippen LogP contribution < -0.4 is 5.32 Å². The molecule has 0 aliphatic heterocycles. The molecule has 4 nitrogen and oxygen atoms in total. The van der Waals surface area contributed by atoms with Crippen LogP contribution in [0.5, 0.6) is 0 Å². The number of carbonyl (C=O) groups excluding carboxylic acids is 1. The molecule has 1 heterocycles. The van der Waals surface area contributed by atoms with Crippen molar-refractivity contribution < 1.29 is 4.79 Å². The van der Waals surface area contributed by atoms with Crippen molar-refractivity contribution in [2.75, 3.05) is 5.32 Å². The summed E-state index contributed by atoms with van der Waals surface area (Å²) in [7, 11) is 0. The van der Waals surface area contributed by atoms with Gasteiger partial charge in [0.1, 0.15) is 5.82 Å². The molecule has 0 amide bonds. The molecule has 0 saturated heterocycles. The quantitative estimate of drug-likeness (QED) is 0.534. The molecule has 0 aliphatic carbocycles. The summed E-state index contributed by atoms with van der Waals surface area (Å²) in [6, 6.07) is 19.7. The van der Waals surface area contributed by atoms with E-state index in [1.807, 2.05) is 72.2 Å². The van der Waals surface area contributed by atoms with Crippen molar-refractivity contribution in [1.82, 2.24) is 9.55 Å². The van der Waals surface area contributed by atoms with Crippen molar-refractivity contribution in [3.05, 3.63) is 82.3 Å². The minimum absolute atomic E-state index is 0.0414. The first-order valence-corrected chi connectivity index (χ1v) is 8.46. The Morgan fingerprint density at radius 1 is 1.08 bits per heavy atom. The van der Waals surface area contributed by atoms with Gasteiger partial charge in [-0.2, -0.15) is 0 Å². The molecule has 5 heteroatoms. The number of para-hydroxylation sites is 1. The van der Waals surface area contributed by atoms with E-state index in [0.29, 0.717) is 22.7 Å². The highest BCUT2D eigenvalue weighted by molar-refractivity contribution is 7.71. The second kappa shape index (κ2) is 7.40. The van der Waals surface area contributed by atoms with Gasteiger partial charge in [-0.25, -0.2) is 4.98 Å². The summed E-state index contributed by atoms with van der Waals surface area (Å²) in [6.07, 6.45) is 0. The molecule has 0 fully saturated rings. The Hall–Kier alpha value is -2.79. The molecule has 3 aromatic rings. The van der Waals surface area contributed by atoms with Crippen molar-refractivity contribution >= 4 is 23.8 Å². The monoisotopic (exact) mass is 349 g/mol. The van der Waals surface area contributed by atoms with Crippen LogP contribution in [0.25, 0.3) is 5.69 Å². The van der Waals surface area contributed by atoms with Crippen molar-refractivity contribution in [1.29, 1.82) is 0 Å². The second-order valence-corrected chi connectivity index (χ2v) is 6.13. The summed E-state index contributed by atoms with van der Waals surface area (Å²) in [5, 5.41) is 3.26. The number of benzene rings is 2. The lowest BCUT2D eigenvalue weighted by Gasteiger charge is -2.17. The lowest BCUT2D eigenvalue weighted by molar-refractivity contribution is 0.101. The third kappa shape index (κ3) is 3.67. The first-order valence-electron chi connectivity index (χ1n) is 8.05. The van der Waals surface area contributed by atoms with Crippen molar-refractivity contribution in [3.63, 3.8) is 0 Å². The molecule has 0 spiro atoms. The molecule has 0 unspecified atom stereocenters. The molecule has 126 valence electrons. The van der Waals surface area contributed by atoms with E-state index in [2.05, 4.69) is 10.3 Å². The van der Waals surface area contributed by atoms with Crippen LogP contribution in [0.2, 0.25) is 0 Å². The number of hydrogen-bond acceptors (Lipinski definition) is 4. The fourth-order valence-electron chi connectivity index (χ4n) is 2.84. The molecule has 1 N–H and O–H groups in total. The average molecular weight is 349 g/mol. The highest BCUT2D eigenvalue weighted by Gasteiger charge is 2.17. The van der Waals surface area contributed by atoms with E-state index in [0.717, 1.165) is 16.9 Å². The number of Topliss-reactive ketones (excluding diaryl/α,β-unsaturated/α-hetero) is 1. The van der Waals surface area contributed by atoms with Gasteiger partial charge in [0, 0.05) is 17.9 Å². The van der Waals surface area contributed by atoms with Gasteiger partial charge in [-0.1, -0.05) is 48.5 Å². The maximum Gasteiger partial charge on any atom is 0.206 e. The van der Waals surface area contributed by atoms with E-state index in [4.69, 9.17) is 12.2 Å². The second-order valence-electron chi connectivity index (χ2n) is 5.77. The molecule has 0 atom stereocenters. The predicted molar refractivity (Wildman–Crippen MR) is 103 cm³/mol. The minimum atomic E-state index is -0.0414. The zero-order chi connectivity index (χ0) is 17.8. The first kappa shape index (κ1) is 17.0. The highest BCUT2D eigenvalue weighted by Crippen LogP contribution is 2.22. The molecule has 0 bridgehead atoms. The summed E-state index contributed by atoms with van der Waals surface area (Å²) in [5.74, 6) is 0.492. The van der Waals surface area contributed by atoms with Gasteiger partial charge >= 0.3 is 0 Å². The maximum atomic E-state index is 12.3. The van der Waals surface area contributed by atoms with Gasteiger partial charge in [-0.3, -0.25) is 9.36 Å². The van der Waals surface area contributed by atoms with E-state index in [9.17, 15) is 4.79 Å². The van der Waals surface area contributed by atoms with Gasteiger partial charge in [0.2, 0.25) is 4.77 Å². The standard InChI is InChI=1S/C20H19N3OS/c1-14-18(15(2)24)19(21-13-16-9-5-3-6-10-16)22-20(25)23(14)17-11-7-4-8-12-17/h3-12H,13H2,1-2H3,(H,21,22,25). The zero-order valence-electron chi connectivity index (χ0n) is 14.2. The molecule has 3 rings (SSSR count). The summed E-state index contributed by atoms with van der Waals surface area (Å²) in [4.78, 5) is 16.8. The summed E-state index contributed by atoms with van der Waals surface area (Å²) >= 11 is 5.49. The highest BCUT2D eigenvalue weighted by atomic mass is 32.1. The molecule has 1 aromatic heterocycles. The first-order chi connectivity index (χ1) is 12.1. The molecular weight excluding hydrogens is 330 g/mol. The molecule has 0 saturated carbocycles. The van der Waals surface area contributed by atoms with Gasteiger partial charge in [0.15, 0.2) is 5.78 Å². The topological polar surface area (TPSA) is 46.9 Å². The number of rotatable bonds is 5. The van der Waals surface area contributed by atoms with E-state index >= 15 is 0 Å². The van der Waals surface area contributed by atoms with Crippen LogP contribution in [0.4, 0.5) is 5.82 Å². The molecule has 0 radical (unpaired) electrons. The normalized spacial score (nSPS) is 10.5. The number of ketones is 1. The Labute approximate surface area is 152 Å². The van der Waals surface area contributed by atoms with Crippen molar-refractivity contribution in [3.8, 4) is 5.69 Å².